The van der Waals surface area contributed by atoms with Gasteiger partial charge in [0, 0.05) is 43.4 Å². The summed E-state index contributed by atoms with van der Waals surface area (Å²) in [6, 6.07) is 11.6. The fraction of sp³-hybridized carbons (Fsp3) is 0.118. The summed E-state index contributed by atoms with van der Waals surface area (Å²) in [5.41, 5.74) is 8.57. The van der Waals surface area contributed by atoms with E-state index >= 15 is 0 Å². The summed E-state index contributed by atoms with van der Waals surface area (Å²) < 4.78 is 0. The molecule has 0 unspecified atom stereocenters. The zero-order valence-corrected chi connectivity index (χ0v) is 14.2. The van der Waals surface area contributed by atoms with Gasteiger partial charge in [-0.15, -0.1) is 0 Å². The highest BCUT2D eigenvalue weighted by Crippen LogP contribution is 2.34. The number of anilines is 3. The van der Waals surface area contributed by atoms with E-state index in [-0.39, 0.29) is 5.69 Å². The molecule has 2 aromatic heterocycles. The first kappa shape index (κ1) is 15.9. The maximum absolute atomic E-state index is 11.7. The van der Waals surface area contributed by atoms with E-state index in [1.807, 2.05) is 55.4 Å². The lowest BCUT2D eigenvalue weighted by atomic mass is 10.2. The van der Waals surface area contributed by atoms with E-state index in [9.17, 15) is 4.79 Å². The number of nitrogens with one attached hydrogen (secondary N) is 1. The molecule has 0 saturated heterocycles. The zero-order valence-electron chi connectivity index (χ0n) is 13.4. The lowest BCUT2D eigenvalue weighted by Crippen LogP contribution is -2.13. The Balaban J connectivity index is 1.92. The third kappa shape index (κ3) is 3.36. The number of benzene rings is 1. The molecule has 3 N–H and O–H groups in total. The maximum atomic E-state index is 11.7. The molecule has 0 aliphatic carbocycles. The molecule has 1 amide bonds. The van der Waals surface area contributed by atoms with Crippen molar-refractivity contribution in [1.82, 2.24) is 9.97 Å². The normalized spacial score (nSPS) is 10.4. The SMILES string of the molecule is CN(C)c1ccc(Nc2sc(-c3ccncc3)nc2C(N)=O)cc1. The van der Waals surface area contributed by atoms with Crippen molar-refractivity contribution in [3.63, 3.8) is 0 Å². The number of pyridine rings is 1. The topological polar surface area (TPSA) is 84.1 Å². The van der Waals surface area contributed by atoms with Gasteiger partial charge in [-0.25, -0.2) is 4.98 Å². The van der Waals surface area contributed by atoms with Crippen molar-refractivity contribution >= 4 is 33.6 Å². The minimum atomic E-state index is -0.557. The number of amides is 1. The van der Waals surface area contributed by atoms with Crippen LogP contribution in [0.3, 0.4) is 0 Å². The van der Waals surface area contributed by atoms with Gasteiger partial charge in [0.05, 0.1) is 0 Å². The summed E-state index contributed by atoms with van der Waals surface area (Å²) >= 11 is 1.39. The number of nitrogens with zero attached hydrogens (tertiary/aromatic N) is 3. The number of rotatable bonds is 5. The van der Waals surface area contributed by atoms with E-state index in [0.717, 1.165) is 21.9 Å². The summed E-state index contributed by atoms with van der Waals surface area (Å²) in [6.07, 6.45) is 3.38. The third-order valence-corrected chi connectivity index (χ3v) is 4.45. The van der Waals surface area contributed by atoms with Gasteiger partial charge >= 0.3 is 0 Å². The molecule has 3 rings (SSSR count). The number of primary amides is 1. The van der Waals surface area contributed by atoms with Crippen molar-refractivity contribution in [3.05, 3.63) is 54.5 Å². The van der Waals surface area contributed by atoms with E-state index in [1.54, 1.807) is 12.4 Å². The van der Waals surface area contributed by atoms with Gasteiger partial charge in [0.15, 0.2) is 5.69 Å². The zero-order chi connectivity index (χ0) is 17.1. The summed E-state index contributed by atoms with van der Waals surface area (Å²) in [5, 5.41) is 4.58. The van der Waals surface area contributed by atoms with Crippen molar-refractivity contribution in [3.8, 4) is 10.6 Å². The Morgan fingerprint density at radius 3 is 2.38 bits per heavy atom. The van der Waals surface area contributed by atoms with Crippen molar-refractivity contribution in [2.24, 2.45) is 5.73 Å². The van der Waals surface area contributed by atoms with Crippen LogP contribution in [0.1, 0.15) is 10.5 Å². The quantitative estimate of drug-likeness (QED) is 0.746. The molecule has 2 heterocycles. The van der Waals surface area contributed by atoms with E-state index in [1.165, 1.54) is 11.3 Å². The number of carbonyl (C=O) groups excluding carboxylic acids is 1. The maximum Gasteiger partial charge on any atom is 0.270 e. The number of thiazole rings is 1. The van der Waals surface area contributed by atoms with Crippen LogP contribution < -0.4 is 16.0 Å². The Kier molecular flexibility index (Phi) is 4.43. The number of aromatic nitrogens is 2. The van der Waals surface area contributed by atoms with Crippen LogP contribution in [0.4, 0.5) is 16.4 Å². The van der Waals surface area contributed by atoms with Gasteiger partial charge in [0.2, 0.25) is 0 Å². The minimum Gasteiger partial charge on any atom is -0.378 e. The van der Waals surface area contributed by atoms with Crippen molar-refractivity contribution in [2.75, 3.05) is 24.3 Å². The van der Waals surface area contributed by atoms with Crippen LogP contribution >= 0.6 is 11.3 Å². The van der Waals surface area contributed by atoms with Crippen LogP contribution in [-0.2, 0) is 0 Å². The molecular formula is C17H17N5OS. The van der Waals surface area contributed by atoms with Crippen LogP contribution in [0, 0.1) is 0 Å². The summed E-state index contributed by atoms with van der Waals surface area (Å²) in [6.45, 7) is 0. The molecule has 24 heavy (non-hydrogen) atoms. The standard InChI is InChI=1S/C17H17N5OS/c1-22(2)13-5-3-12(4-6-13)20-17-14(15(18)23)21-16(24-17)11-7-9-19-10-8-11/h3-10,20H,1-2H3,(H2,18,23). The number of carbonyl (C=O) groups is 1. The van der Waals surface area contributed by atoms with Crippen molar-refractivity contribution in [2.45, 2.75) is 0 Å². The number of nitrogens with two attached hydrogens (primary N) is 1. The van der Waals surface area contributed by atoms with E-state index < -0.39 is 5.91 Å². The highest BCUT2D eigenvalue weighted by molar-refractivity contribution is 7.19. The molecule has 0 radical (unpaired) electrons. The molecule has 6 nitrogen and oxygen atoms in total. The van der Waals surface area contributed by atoms with E-state index in [2.05, 4.69) is 15.3 Å². The van der Waals surface area contributed by atoms with E-state index in [4.69, 9.17) is 5.73 Å². The van der Waals surface area contributed by atoms with Gasteiger partial charge in [-0.05, 0) is 36.4 Å². The van der Waals surface area contributed by atoms with Gasteiger partial charge in [-0.1, -0.05) is 11.3 Å². The highest BCUT2D eigenvalue weighted by atomic mass is 32.1. The van der Waals surface area contributed by atoms with Crippen LogP contribution in [0.5, 0.6) is 0 Å². The number of hydrogen-bond acceptors (Lipinski definition) is 6. The highest BCUT2D eigenvalue weighted by Gasteiger charge is 2.17. The molecule has 1 aromatic carbocycles. The lowest BCUT2D eigenvalue weighted by Gasteiger charge is -2.13. The first-order chi connectivity index (χ1) is 11.5. The average molecular weight is 339 g/mol. The molecule has 0 bridgehead atoms. The first-order valence-corrected chi connectivity index (χ1v) is 8.11. The minimum absolute atomic E-state index is 0.239. The van der Waals surface area contributed by atoms with E-state index in [0.29, 0.717) is 5.00 Å². The second kappa shape index (κ2) is 6.67. The third-order valence-electron chi connectivity index (χ3n) is 3.43. The molecule has 0 aliphatic rings. The van der Waals surface area contributed by atoms with Crippen molar-refractivity contribution in [1.29, 1.82) is 0 Å². The molecule has 122 valence electrons. The Bertz CT molecular complexity index is 843. The lowest BCUT2D eigenvalue weighted by molar-refractivity contribution is 0.0997. The van der Waals surface area contributed by atoms with Crippen molar-refractivity contribution < 1.29 is 4.79 Å². The predicted molar refractivity (Wildman–Crippen MR) is 97.9 cm³/mol. The monoisotopic (exact) mass is 339 g/mol. The largest absolute Gasteiger partial charge is 0.378 e. The fourth-order valence-corrected chi connectivity index (χ4v) is 3.16. The molecule has 0 saturated carbocycles. The summed E-state index contributed by atoms with van der Waals surface area (Å²) in [7, 11) is 3.97. The second-order valence-electron chi connectivity index (χ2n) is 5.36. The molecule has 0 atom stereocenters. The Morgan fingerprint density at radius 1 is 1.12 bits per heavy atom. The van der Waals surface area contributed by atoms with Crippen LogP contribution in [0.2, 0.25) is 0 Å². The summed E-state index contributed by atoms with van der Waals surface area (Å²) in [5.74, 6) is -0.557. The second-order valence-corrected chi connectivity index (χ2v) is 6.36. The predicted octanol–water partition coefficient (Wildman–Crippen LogP) is 3.11. The van der Waals surface area contributed by atoms with Gasteiger partial charge in [-0.2, -0.15) is 0 Å². The van der Waals surface area contributed by atoms with Gasteiger partial charge in [0.1, 0.15) is 10.0 Å². The molecule has 3 aromatic rings. The smallest absolute Gasteiger partial charge is 0.270 e. The van der Waals surface area contributed by atoms with Crippen LogP contribution in [0.15, 0.2) is 48.8 Å². The van der Waals surface area contributed by atoms with Gasteiger partial charge in [-0.3, -0.25) is 9.78 Å². The Morgan fingerprint density at radius 2 is 1.79 bits per heavy atom. The molecule has 7 heteroatoms. The van der Waals surface area contributed by atoms with Gasteiger partial charge < -0.3 is 16.0 Å². The Hall–Kier alpha value is -2.93. The molecule has 0 aliphatic heterocycles. The molecule has 0 fully saturated rings. The Labute approximate surface area is 144 Å². The molecule has 0 spiro atoms. The average Bonchev–Trinajstić information content (AvgIpc) is 3.00. The van der Waals surface area contributed by atoms with Gasteiger partial charge in [0.25, 0.3) is 5.91 Å². The fourth-order valence-electron chi connectivity index (χ4n) is 2.16. The van der Waals surface area contributed by atoms with Crippen LogP contribution in [0.25, 0.3) is 10.6 Å². The number of hydrogen-bond donors (Lipinski definition) is 2. The first-order valence-electron chi connectivity index (χ1n) is 7.30. The molecular weight excluding hydrogens is 322 g/mol. The van der Waals surface area contributed by atoms with Crippen LogP contribution in [-0.4, -0.2) is 30.0 Å². The summed E-state index contributed by atoms with van der Waals surface area (Å²) in [4.78, 5) is 22.1.